The number of carboxylic acid groups (broad SMARTS) is 1. The molecule has 0 amide bonds. The zero-order chi connectivity index (χ0) is 32.4. The first-order chi connectivity index (χ1) is 22.0. The van der Waals surface area contributed by atoms with E-state index in [2.05, 4.69) is 36.2 Å². The van der Waals surface area contributed by atoms with Crippen molar-refractivity contribution in [2.75, 3.05) is 18.1 Å². The molecule has 0 atom stereocenters. The van der Waals surface area contributed by atoms with Crippen LogP contribution in [0.25, 0.3) is 0 Å². The van der Waals surface area contributed by atoms with Gasteiger partial charge in [-0.1, -0.05) is 151 Å². The Labute approximate surface area is 286 Å². The summed E-state index contributed by atoms with van der Waals surface area (Å²) in [4.78, 5) is 10.6. The van der Waals surface area contributed by atoms with Crippen LogP contribution in [0.3, 0.4) is 0 Å². The van der Waals surface area contributed by atoms with E-state index in [4.69, 9.17) is 9.84 Å². The smallest absolute Gasteiger partial charge is 0.303 e. The van der Waals surface area contributed by atoms with Crippen LogP contribution in [0.15, 0.2) is 20.8 Å². The minimum Gasteiger partial charge on any atom is -0.507 e. The molecule has 6 nitrogen and oxygen atoms in total. The van der Waals surface area contributed by atoms with Gasteiger partial charge in [0.1, 0.15) is 11.5 Å². The molecule has 45 heavy (non-hydrogen) atoms. The third-order valence-electron chi connectivity index (χ3n) is 8.04. The van der Waals surface area contributed by atoms with Gasteiger partial charge in [-0.2, -0.15) is 0 Å². The molecule has 0 spiro atoms. The van der Waals surface area contributed by atoms with Crippen molar-refractivity contribution in [3.05, 3.63) is 23.3 Å². The number of aryl methyl sites for hydroxylation is 1. The average Bonchev–Trinajstić information content (AvgIpc) is 3.48. The van der Waals surface area contributed by atoms with Crippen LogP contribution in [0.5, 0.6) is 11.5 Å². The summed E-state index contributed by atoms with van der Waals surface area (Å²) < 4.78 is 8.09. The highest BCUT2D eigenvalue weighted by Crippen LogP contribution is 2.34. The van der Waals surface area contributed by atoms with Crippen molar-refractivity contribution >= 4 is 40.8 Å². The summed E-state index contributed by atoms with van der Waals surface area (Å²) in [6.07, 6.45) is 25.5. The minimum atomic E-state index is -0.720. The number of hydrogen-bond donors (Lipinski definition) is 2. The van der Waals surface area contributed by atoms with Gasteiger partial charge in [0, 0.05) is 23.5 Å². The molecule has 9 heteroatoms. The first-order valence-corrected chi connectivity index (χ1v) is 20.6. The van der Waals surface area contributed by atoms with E-state index < -0.39 is 5.97 Å². The fraction of sp³-hybridized carbons (Fsp3) is 0.750. The molecule has 0 aliphatic rings. The summed E-state index contributed by atoms with van der Waals surface area (Å²) in [5, 5.41) is 28.3. The summed E-state index contributed by atoms with van der Waals surface area (Å²) >= 11 is 5.03. The van der Waals surface area contributed by atoms with Crippen molar-refractivity contribution in [3.63, 3.8) is 0 Å². The Morgan fingerprint density at radius 2 is 1.27 bits per heavy atom. The van der Waals surface area contributed by atoms with E-state index in [1.165, 1.54) is 83.5 Å². The summed E-state index contributed by atoms with van der Waals surface area (Å²) in [6, 6.07) is 4.13. The number of carboxylic acids is 1. The predicted molar refractivity (Wildman–Crippen MR) is 194 cm³/mol. The van der Waals surface area contributed by atoms with Gasteiger partial charge < -0.3 is 14.9 Å². The summed E-state index contributed by atoms with van der Waals surface area (Å²) in [5.74, 6) is 2.39. The maximum Gasteiger partial charge on any atom is 0.303 e. The third kappa shape index (κ3) is 19.1. The molecule has 1 aromatic carbocycles. The van der Waals surface area contributed by atoms with E-state index in [1.807, 2.05) is 0 Å². The van der Waals surface area contributed by atoms with Crippen molar-refractivity contribution < 1.29 is 19.7 Å². The first-order valence-electron chi connectivity index (χ1n) is 17.8. The maximum atomic E-state index is 11.1. The van der Waals surface area contributed by atoms with E-state index in [0.29, 0.717) is 12.4 Å². The Morgan fingerprint density at radius 3 is 1.84 bits per heavy atom. The van der Waals surface area contributed by atoms with Crippen LogP contribution in [0.1, 0.15) is 153 Å². The van der Waals surface area contributed by atoms with Gasteiger partial charge in [-0.3, -0.25) is 4.79 Å². The number of rotatable bonds is 30. The fourth-order valence-electron chi connectivity index (χ4n) is 5.43. The molecule has 0 unspecified atom stereocenters. The molecule has 1 aromatic heterocycles. The second-order valence-corrected chi connectivity index (χ2v) is 15.7. The van der Waals surface area contributed by atoms with Crippen LogP contribution in [0, 0.1) is 0 Å². The number of aliphatic carboxylic acids is 1. The SMILES string of the molecule is CCCCCCCCCCCCCCCCc1ccc(OCCCSc2nnc(SCCCCCC(=O)O)s2)c(CCC)c1O. The number of nitrogens with zero attached hydrogens (tertiary/aromatic N) is 2. The molecule has 0 bridgehead atoms. The maximum absolute atomic E-state index is 11.1. The van der Waals surface area contributed by atoms with Gasteiger partial charge in [0.05, 0.1) is 6.61 Å². The van der Waals surface area contributed by atoms with Gasteiger partial charge in [-0.25, -0.2) is 0 Å². The van der Waals surface area contributed by atoms with Crippen molar-refractivity contribution in [1.82, 2.24) is 10.2 Å². The Kier molecular flexibility index (Phi) is 23.5. The van der Waals surface area contributed by atoms with Crippen LogP contribution in [0.2, 0.25) is 0 Å². The zero-order valence-electron chi connectivity index (χ0n) is 28.2. The second-order valence-electron chi connectivity index (χ2n) is 12.1. The molecule has 0 aliphatic carbocycles. The van der Waals surface area contributed by atoms with E-state index in [1.54, 1.807) is 34.9 Å². The van der Waals surface area contributed by atoms with Crippen LogP contribution in [0.4, 0.5) is 0 Å². The number of hydrogen-bond acceptors (Lipinski definition) is 8. The standard InChI is InChI=1S/C36H60N2O4S3/c1-3-5-6-7-8-9-10-11-12-13-14-15-16-18-23-30-25-26-32(31(22-4-2)34(30)41)42-27-21-29-44-36-38-37-35(45-36)43-28-20-17-19-24-33(39)40/h25-26,41H,3-24,27-29H2,1-2H3,(H,39,40). The number of carbonyl (C=O) groups is 1. The van der Waals surface area contributed by atoms with Crippen LogP contribution >= 0.6 is 34.9 Å². The monoisotopic (exact) mass is 680 g/mol. The summed E-state index contributed by atoms with van der Waals surface area (Å²) in [5.41, 5.74) is 2.02. The molecule has 0 aliphatic heterocycles. The van der Waals surface area contributed by atoms with E-state index in [9.17, 15) is 9.90 Å². The number of aromatic nitrogens is 2. The van der Waals surface area contributed by atoms with E-state index in [0.717, 1.165) is 88.4 Å². The first kappa shape index (κ1) is 39.7. The largest absolute Gasteiger partial charge is 0.507 e. The van der Waals surface area contributed by atoms with Crippen LogP contribution < -0.4 is 4.74 Å². The highest BCUT2D eigenvalue weighted by molar-refractivity contribution is 8.03. The molecular formula is C36H60N2O4S3. The summed E-state index contributed by atoms with van der Waals surface area (Å²) in [6.45, 7) is 5.04. The van der Waals surface area contributed by atoms with E-state index >= 15 is 0 Å². The molecule has 256 valence electrons. The topological polar surface area (TPSA) is 92.5 Å². The van der Waals surface area contributed by atoms with Gasteiger partial charge in [0.15, 0.2) is 8.68 Å². The van der Waals surface area contributed by atoms with Crippen molar-refractivity contribution in [2.45, 2.75) is 164 Å². The lowest BCUT2D eigenvalue weighted by molar-refractivity contribution is -0.137. The Bertz CT molecular complexity index is 1030. The quantitative estimate of drug-likeness (QED) is 0.0622. The third-order valence-corrected chi connectivity index (χ3v) is 11.4. The zero-order valence-corrected chi connectivity index (χ0v) is 30.6. The lowest BCUT2D eigenvalue weighted by Crippen LogP contribution is -2.03. The number of aromatic hydroxyl groups is 1. The van der Waals surface area contributed by atoms with Gasteiger partial charge in [0.25, 0.3) is 0 Å². The summed E-state index contributed by atoms with van der Waals surface area (Å²) in [7, 11) is 0. The molecular weight excluding hydrogens is 621 g/mol. The van der Waals surface area contributed by atoms with Crippen molar-refractivity contribution in [3.8, 4) is 11.5 Å². The highest BCUT2D eigenvalue weighted by Gasteiger charge is 2.14. The van der Waals surface area contributed by atoms with Crippen molar-refractivity contribution in [1.29, 1.82) is 0 Å². The van der Waals surface area contributed by atoms with E-state index in [-0.39, 0.29) is 6.42 Å². The molecule has 0 saturated heterocycles. The molecule has 0 fully saturated rings. The lowest BCUT2D eigenvalue weighted by Gasteiger charge is -2.15. The van der Waals surface area contributed by atoms with Crippen LogP contribution in [-0.4, -0.2) is 44.5 Å². The molecule has 0 saturated carbocycles. The van der Waals surface area contributed by atoms with Crippen LogP contribution in [-0.2, 0) is 17.6 Å². The van der Waals surface area contributed by atoms with Gasteiger partial charge in [-0.15, -0.1) is 10.2 Å². The van der Waals surface area contributed by atoms with Gasteiger partial charge in [0.2, 0.25) is 0 Å². The molecule has 1 heterocycles. The molecule has 2 aromatic rings. The van der Waals surface area contributed by atoms with Gasteiger partial charge in [-0.05, 0) is 50.2 Å². The number of thioether (sulfide) groups is 2. The number of unbranched alkanes of at least 4 members (excludes halogenated alkanes) is 15. The van der Waals surface area contributed by atoms with Crippen molar-refractivity contribution in [2.24, 2.45) is 0 Å². The Balaban J connectivity index is 1.58. The fourth-order valence-corrected chi connectivity index (χ4v) is 8.51. The Morgan fingerprint density at radius 1 is 0.711 bits per heavy atom. The minimum absolute atomic E-state index is 0.250. The van der Waals surface area contributed by atoms with Gasteiger partial charge >= 0.3 is 5.97 Å². The Hall–Kier alpha value is -1.45. The average molecular weight is 681 g/mol. The number of ether oxygens (including phenoxy) is 1. The molecule has 0 radical (unpaired) electrons. The number of benzene rings is 1. The molecule has 2 rings (SSSR count). The lowest BCUT2D eigenvalue weighted by atomic mass is 9.98. The molecule has 2 N–H and O–H groups in total. The predicted octanol–water partition coefficient (Wildman–Crippen LogP) is 11.5. The number of phenolic OH excluding ortho intramolecular Hbond substituents is 1. The number of phenols is 1. The highest BCUT2D eigenvalue weighted by atomic mass is 32.2. The second kappa shape index (κ2) is 26.6. The normalized spacial score (nSPS) is 11.3.